The highest BCUT2D eigenvalue weighted by Crippen LogP contribution is 2.46. The van der Waals surface area contributed by atoms with Crippen LogP contribution in [0.4, 0.5) is 0 Å². The van der Waals surface area contributed by atoms with Gasteiger partial charge in [0.2, 0.25) is 0 Å². The molecule has 0 bridgehead atoms. The van der Waals surface area contributed by atoms with E-state index in [0.29, 0.717) is 11.6 Å². The van der Waals surface area contributed by atoms with Gasteiger partial charge in [0.25, 0.3) is 0 Å². The van der Waals surface area contributed by atoms with Crippen molar-refractivity contribution in [1.82, 2.24) is 34.1 Å². The van der Waals surface area contributed by atoms with Gasteiger partial charge in [-0.05, 0) is 101 Å². The van der Waals surface area contributed by atoms with Crippen molar-refractivity contribution in [3.8, 4) is 124 Å². The Morgan fingerprint density at radius 1 is 0.185 bits per heavy atom. The summed E-state index contributed by atoms with van der Waals surface area (Å²) < 4.78 is 4.82. The molecule has 0 atom stereocenters. The minimum absolute atomic E-state index is 0.535. The molecule has 17 rings (SSSR count). The summed E-state index contributed by atoms with van der Waals surface area (Å²) in [6.07, 6.45) is 0. The Balaban J connectivity index is 1.04. The molecule has 430 valence electrons. The predicted octanol–water partition coefficient (Wildman–Crippen LogP) is 21.5. The Labute approximate surface area is 532 Å². The molecule has 5 heterocycles. The summed E-state index contributed by atoms with van der Waals surface area (Å²) >= 11 is 0. The van der Waals surface area contributed by atoms with Crippen LogP contribution in [0.15, 0.2) is 334 Å². The molecular formula is C85H55N7. The maximum absolute atomic E-state index is 5.75. The van der Waals surface area contributed by atoms with Crippen molar-refractivity contribution in [1.29, 1.82) is 0 Å². The Morgan fingerprint density at radius 2 is 0.500 bits per heavy atom. The van der Waals surface area contributed by atoms with Crippen LogP contribution in [0.1, 0.15) is 0 Å². The molecule has 0 aliphatic rings. The van der Waals surface area contributed by atoms with Gasteiger partial charge in [0.1, 0.15) is 0 Å². The van der Waals surface area contributed by atoms with Gasteiger partial charge >= 0.3 is 0 Å². The van der Waals surface area contributed by atoms with E-state index >= 15 is 0 Å². The second-order valence-electron chi connectivity index (χ2n) is 23.2. The van der Waals surface area contributed by atoms with Crippen LogP contribution in [0.5, 0.6) is 0 Å². The number of hydrogen-bond donors (Lipinski definition) is 0. The summed E-state index contributed by atoms with van der Waals surface area (Å²) in [5, 5.41) is 4.37. The lowest BCUT2D eigenvalue weighted by Gasteiger charge is -2.22. The number of pyridine rings is 1. The number of hydrogen-bond acceptors (Lipinski definition) is 5. The molecule has 0 N–H and O–H groups in total. The van der Waals surface area contributed by atoms with E-state index in [1.54, 1.807) is 0 Å². The first kappa shape index (κ1) is 53.8. The number of para-hydroxylation sites is 1. The van der Waals surface area contributed by atoms with Crippen LogP contribution >= 0.6 is 0 Å². The maximum Gasteiger partial charge on any atom is 0.162 e. The molecule has 7 nitrogen and oxygen atoms in total. The van der Waals surface area contributed by atoms with Gasteiger partial charge in [0.15, 0.2) is 11.6 Å². The van der Waals surface area contributed by atoms with E-state index in [4.69, 9.17) is 24.9 Å². The lowest BCUT2D eigenvalue weighted by molar-refractivity contribution is 1.10. The minimum atomic E-state index is 0.535. The number of fused-ring (bicyclic) bond motifs is 6. The molecule has 7 heteroatoms. The van der Waals surface area contributed by atoms with E-state index in [1.165, 1.54) is 0 Å². The third-order valence-corrected chi connectivity index (χ3v) is 17.6. The minimum Gasteiger partial charge on any atom is -0.309 e. The molecular weight excluding hydrogens is 1120 g/mol. The predicted molar refractivity (Wildman–Crippen MR) is 378 cm³/mol. The molecule has 0 radical (unpaired) electrons. The largest absolute Gasteiger partial charge is 0.309 e. The molecule has 0 fully saturated rings. The van der Waals surface area contributed by atoms with Gasteiger partial charge in [0.05, 0.1) is 61.9 Å². The Bertz CT molecular complexity index is 5330. The van der Waals surface area contributed by atoms with Gasteiger partial charge in [-0.15, -0.1) is 0 Å². The molecule has 0 saturated carbocycles. The summed E-state index contributed by atoms with van der Waals surface area (Å²) in [7, 11) is 0. The SMILES string of the molecule is c1ccc(-c2ccc3c(c2)c2ccccc2n3-c2cc(-c3nc(-c4ccccc4)cc(-c4ccccc4)n3)c(-n3c4ccc(-c5ccccc5)cc4c4cc(-c5cccc(-c6ccccc6)n5)ccc43)c(-c3nc(-c4ccccc4)cc(-c4ccccc4)n3)c2)cc1. The second kappa shape index (κ2) is 22.9. The summed E-state index contributed by atoms with van der Waals surface area (Å²) in [6, 6.07) is 118. The van der Waals surface area contributed by atoms with E-state index in [9.17, 15) is 0 Å². The lowest BCUT2D eigenvalue weighted by Crippen LogP contribution is -2.08. The average Bonchev–Trinajstić information content (AvgIpc) is 1.53. The van der Waals surface area contributed by atoms with Crippen molar-refractivity contribution in [2.24, 2.45) is 0 Å². The fraction of sp³-hybridized carbons (Fsp3) is 0. The molecule has 0 spiro atoms. The summed E-state index contributed by atoms with van der Waals surface area (Å²) in [5.74, 6) is 1.07. The highest BCUT2D eigenvalue weighted by atomic mass is 15.0. The molecule has 92 heavy (non-hydrogen) atoms. The number of nitrogens with zero attached hydrogens (tertiary/aromatic N) is 7. The summed E-state index contributed by atoms with van der Waals surface area (Å²) in [5.41, 5.74) is 22.7. The molecule has 0 aliphatic heterocycles. The Kier molecular flexibility index (Phi) is 13.4. The van der Waals surface area contributed by atoms with E-state index in [0.717, 1.165) is 156 Å². The lowest BCUT2D eigenvalue weighted by atomic mass is 10.00. The third-order valence-electron chi connectivity index (χ3n) is 17.6. The molecule has 12 aromatic carbocycles. The van der Waals surface area contributed by atoms with Crippen LogP contribution in [0, 0.1) is 0 Å². The summed E-state index contributed by atoms with van der Waals surface area (Å²) in [6.45, 7) is 0. The first-order chi connectivity index (χ1) is 45.6. The maximum atomic E-state index is 5.75. The van der Waals surface area contributed by atoms with Crippen molar-refractivity contribution in [3.63, 3.8) is 0 Å². The molecule has 0 saturated heterocycles. The third kappa shape index (κ3) is 9.78. The van der Waals surface area contributed by atoms with Gasteiger partial charge in [0, 0.05) is 71.7 Å². The van der Waals surface area contributed by atoms with Gasteiger partial charge in [-0.3, -0.25) is 0 Å². The van der Waals surface area contributed by atoms with Crippen molar-refractivity contribution >= 4 is 43.6 Å². The highest BCUT2D eigenvalue weighted by Gasteiger charge is 2.28. The molecule has 17 aromatic rings. The van der Waals surface area contributed by atoms with Gasteiger partial charge in [-0.1, -0.05) is 255 Å². The average molecular weight is 1170 g/mol. The van der Waals surface area contributed by atoms with Crippen LogP contribution in [0.2, 0.25) is 0 Å². The number of rotatable bonds is 12. The van der Waals surface area contributed by atoms with Gasteiger partial charge in [-0.2, -0.15) is 0 Å². The quantitative estimate of drug-likeness (QED) is 0.122. The van der Waals surface area contributed by atoms with Gasteiger partial charge in [-0.25, -0.2) is 24.9 Å². The van der Waals surface area contributed by atoms with Crippen LogP contribution in [0.25, 0.3) is 168 Å². The Morgan fingerprint density at radius 3 is 0.924 bits per heavy atom. The van der Waals surface area contributed by atoms with E-state index in [-0.39, 0.29) is 0 Å². The highest BCUT2D eigenvalue weighted by molar-refractivity contribution is 6.14. The van der Waals surface area contributed by atoms with Gasteiger partial charge < -0.3 is 9.13 Å². The number of aromatic nitrogens is 7. The van der Waals surface area contributed by atoms with E-state index in [1.807, 2.05) is 30.3 Å². The molecule has 0 aliphatic carbocycles. The van der Waals surface area contributed by atoms with Crippen LogP contribution in [-0.4, -0.2) is 34.1 Å². The van der Waals surface area contributed by atoms with E-state index in [2.05, 4.69) is 312 Å². The zero-order valence-corrected chi connectivity index (χ0v) is 49.9. The molecule has 0 unspecified atom stereocenters. The van der Waals surface area contributed by atoms with Crippen molar-refractivity contribution in [3.05, 3.63) is 334 Å². The van der Waals surface area contributed by atoms with E-state index < -0.39 is 0 Å². The molecule has 5 aromatic heterocycles. The summed E-state index contributed by atoms with van der Waals surface area (Å²) in [4.78, 5) is 28.3. The van der Waals surface area contributed by atoms with Crippen LogP contribution < -0.4 is 0 Å². The normalized spacial score (nSPS) is 11.5. The second-order valence-corrected chi connectivity index (χ2v) is 23.2. The zero-order valence-electron chi connectivity index (χ0n) is 49.9. The Hall–Kier alpha value is -12.5. The fourth-order valence-electron chi connectivity index (χ4n) is 13.2. The van der Waals surface area contributed by atoms with Crippen LogP contribution in [0.3, 0.4) is 0 Å². The monoisotopic (exact) mass is 1170 g/mol. The first-order valence-corrected chi connectivity index (χ1v) is 31.0. The van der Waals surface area contributed by atoms with Crippen LogP contribution in [-0.2, 0) is 0 Å². The fourth-order valence-corrected chi connectivity index (χ4v) is 13.2. The first-order valence-electron chi connectivity index (χ1n) is 31.0. The van der Waals surface area contributed by atoms with Crippen molar-refractivity contribution < 1.29 is 0 Å². The zero-order chi connectivity index (χ0) is 60.9. The molecule has 0 amide bonds. The van der Waals surface area contributed by atoms with Crippen molar-refractivity contribution in [2.75, 3.05) is 0 Å². The smallest absolute Gasteiger partial charge is 0.162 e. The standard InChI is InChI=1S/C85H55N7/c1-8-25-56(26-9-1)63-43-46-80-68(49-63)67-39-22-23-42-79(67)91(80)66-52-71(84-87-75(59-31-14-4-15-32-59)54-76(88-84)60-33-16-5-17-34-60)83(72(53-66)85-89-77(61-35-18-6-19-36-61)55-78(90-85)62-37-20-7-21-38-62)92-81-47-44-64(57-27-10-2-11-28-57)50-69(81)70-51-65(45-48-82(70)92)74-41-24-40-73(86-74)58-29-12-3-13-30-58/h1-55H. The number of benzene rings is 12. The van der Waals surface area contributed by atoms with Crippen molar-refractivity contribution in [2.45, 2.75) is 0 Å². The topological polar surface area (TPSA) is 74.3 Å².